The SMILES string of the molecule is Cc1cncc(CN2Cc3ncn(C)c3C[C@@H]2CO)n1. The van der Waals surface area contributed by atoms with Crippen molar-refractivity contribution < 1.29 is 5.11 Å². The van der Waals surface area contributed by atoms with Crippen LogP contribution in [0.15, 0.2) is 18.7 Å². The molecule has 20 heavy (non-hydrogen) atoms. The predicted octanol–water partition coefficient (Wildman–Crippen LogP) is 0.438. The second-order valence-corrected chi connectivity index (χ2v) is 5.35. The van der Waals surface area contributed by atoms with Crippen molar-refractivity contribution in [2.24, 2.45) is 7.05 Å². The third kappa shape index (κ3) is 2.44. The Bertz CT molecular complexity index is 609. The maximum absolute atomic E-state index is 9.64. The smallest absolute Gasteiger partial charge is 0.0949 e. The van der Waals surface area contributed by atoms with Gasteiger partial charge in [-0.05, 0) is 6.92 Å². The number of rotatable bonds is 3. The monoisotopic (exact) mass is 273 g/mol. The Kier molecular flexibility index (Phi) is 3.50. The lowest BCUT2D eigenvalue weighted by Gasteiger charge is -2.34. The average molecular weight is 273 g/mol. The van der Waals surface area contributed by atoms with Crippen molar-refractivity contribution in [3.8, 4) is 0 Å². The summed E-state index contributed by atoms with van der Waals surface area (Å²) < 4.78 is 2.04. The second kappa shape index (κ2) is 5.30. The van der Waals surface area contributed by atoms with E-state index >= 15 is 0 Å². The highest BCUT2D eigenvalue weighted by Crippen LogP contribution is 2.23. The summed E-state index contributed by atoms with van der Waals surface area (Å²) in [7, 11) is 2.00. The van der Waals surface area contributed by atoms with Crippen molar-refractivity contribution in [3.63, 3.8) is 0 Å². The summed E-state index contributed by atoms with van der Waals surface area (Å²) in [5.74, 6) is 0. The number of nitrogens with zero attached hydrogens (tertiary/aromatic N) is 5. The van der Waals surface area contributed by atoms with Crippen molar-refractivity contribution in [2.75, 3.05) is 6.61 Å². The summed E-state index contributed by atoms with van der Waals surface area (Å²) in [6, 6.07) is 0.111. The number of hydrogen-bond donors (Lipinski definition) is 1. The van der Waals surface area contributed by atoms with Gasteiger partial charge in [-0.1, -0.05) is 0 Å². The van der Waals surface area contributed by atoms with Crippen LogP contribution in [0.4, 0.5) is 0 Å². The van der Waals surface area contributed by atoms with E-state index < -0.39 is 0 Å². The molecule has 1 atom stereocenters. The topological polar surface area (TPSA) is 67.1 Å². The van der Waals surface area contributed by atoms with Crippen LogP contribution in [-0.4, -0.2) is 42.2 Å². The third-order valence-corrected chi connectivity index (χ3v) is 3.82. The van der Waals surface area contributed by atoms with Gasteiger partial charge in [0.25, 0.3) is 0 Å². The Morgan fingerprint density at radius 2 is 2.25 bits per heavy atom. The summed E-state index contributed by atoms with van der Waals surface area (Å²) >= 11 is 0. The molecular weight excluding hydrogens is 254 g/mol. The normalized spacial score (nSPS) is 19.1. The minimum Gasteiger partial charge on any atom is -0.395 e. The first kappa shape index (κ1) is 13.2. The Balaban J connectivity index is 1.82. The average Bonchev–Trinajstić information content (AvgIpc) is 2.79. The van der Waals surface area contributed by atoms with Gasteiger partial charge in [-0.2, -0.15) is 0 Å². The van der Waals surface area contributed by atoms with Gasteiger partial charge < -0.3 is 9.67 Å². The van der Waals surface area contributed by atoms with E-state index in [9.17, 15) is 5.11 Å². The first-order valence-corrected chi connectivity index (χ1v) is 6.79. The Morgan fingerprint density at radius 1 is 1.40 bits per heavy atom. The molecule has 0 fully saturated rings. The molecule has 0 unspecified atom stereocenters. The molecule has 3 heterocycles. The highest BCUT2D eigenvalue weighted by Gasteiger charge is 2.28. The number of aliphatic hydroxyl groups is 1. The summed E-state index contributed by atoms with van der Waals surface area (Å²) in [6.45, 7) is 3.52. The molecule has 0 radical (unpaired) electrons. The van der Waals surface area contributed by atoms with E-state index in [1.807, 2.05) is 24.9 Å². The molecule has 1 aliphatic heterocycles. The highest BCUT2D eigenvalue weighted by atomic mass is 16.3. The molecule has 0 bridgehead atoms. The van der Waals surface area contributed by atoms with Crippen LogP contribution in [0.3, 0.4) is 0 Å². The van der Waals surface area contributed by atoms with Gasteiger partial charge >= 0.3 is 0 Å². The molecule has 0 aromatic carbocycles. The fourth-order valence-corrected chi connectivity index (χ4v) is 2.74. The van der Waals surface area contributed by atoms with Gasteiger partial charge in [-0.15, -0.1) is 0 Å². The summed E-state index contributed by atoms with van der Waals surface area (Å²) in [5, 5.41) is 9.64. The van der Waals surface area contributed by atoms with Crippen LogP contribution in [0.2, 0.25) is 0 Å². The molecule has 3 rings (SSSR count). The van der Waals surface area contributed by atoms with Gasteiger partial charge in [0.15, 0.2) is 0 Å². The van der Waals surface area contributed by atoms with E-state index in [0.717, 1.165) is 30.0 Å². The van der Waals surface area contributed by atoms with Gasteiger partial charge in [0.1, 0.15) is 0 Å². The van der Waals surface area contributed by atoms with Gasteiger partial charge in [-0.25, -0.2) is 4.98 Å². The first-order valence-electron chi connectivity index (χ1n) is 6.79. The van der Waals surface area contributed by atoms with Crippen LogP contribution in [0.5, 0.6) is 0 Å². The van der Waals surface area contributed by atoms with E-state index in [0.29, 0.717) is 6.54 Å². The minimum absolute atomic E-state index is 0.111. The Morgan fingerprint density at radius 3 is 3.00 bits per heavy atom. The lowest BCUT2D eigenvalue weighted by atomic mass is 10.0. The lowest BCUT2D eigenvalue weighted by molar-refractivity contribution is 0.0954. The quantitative estimate of drug-likeness (QED) is 0.879. The zero-order valence-electron chi connectivity index (χ0n) is 11.8. The molecule has 0 saturated carbocycles. The molecule has 6 heteroatoms. The molecule has 1 N–H and O–H groups in total. The van der Waals surface area contributed by atoms with Crippen molar-refractivity contribution in [3.05, 3.63) is 41.5 Å². The number of aromatic nitrogens is 4. The Labute approximate surface area is 118 Å². The van der Waals surface area contributed by atoms with Gasteiger partial charge in [0, 0.05) is 50.7 Å². The van der Waals surface area contributed by atoms with E-state index in [1.165, 1.54) is 5.69 Å². The van der Waals surface area contributed by atoms with Crippen LogP contribution >= 0.6 is 0 Å². The van der Waals surface area contributed by atoms with Crippen molar-refractivity contribution in [1.82, 2.24) is 24.4 Å². The highest BCUT2D eigenvalue weighted by molar-refractivity contribution is 5.18. The van der Waals surface area contributed by atoms with E-state index in [4.69, 9.17) is 0 Å². The molecule has 6 nitrogen and oxygen atoms in total. The van der Waals surface area contributed by atoms with Crippen molar-refractivity contribution in [1.29, 1.82) is 0 Å². The second-order valence-electron chi connectivity index (χ2n) is 5.35. The predicted molar refractivity (Wildman–Crippen MR) is 73.8 cm³/mol. The zero-order chi connectivity index (χ0) is 14.1. The van der Waals surface area contributed by atoms with Crippen LogP contribution in [0, 0.1) is 6.92 Å². The largest absolute Gasteiger partial charge is 0.395 e. The number of hydrogen-bond acceptors (Lipinski definition) is 5. The van der Waals surface area contributed by atoms with Crippen LogP contribution in [-0.2, 0) is 26.6 Å². The summed E-state index contributed by atoms with van der Waals surface area (Å²) in [6.07, 6.45) is 6.20. The fourth-order valence-electron chi connectivity index (χ4n) is 2.74. The summed E-state index contributed by atoms with van der Waals surface area (Å²) in [4.78, 5) is 15.3. The van der Waals surface area contributed by atoms with Crippen molar-refractivity contribution in [2.45, 2.75) is 32.5 Å². The molecule has 0 aliphatic carbocycles. The van der Waals surface area contributed by atoms with Crippen molar-refractivity contribution >= 4 is 0 Å². The maximum atomic E-state index is 9.64. The number of aliphatic hydroxyl groups excluding tert-OH is 1. The number of fused-ring (bicyclic) bond motifs is 1. The van der Waals surface area contributed by atoms with E-state index in [1.54, 1.807) is 12.4 Å². The summed E-state index contributed by atoms with van der Waals surface area (Å²) in [5.41, 5.74) is 4.16. The van der Waals surface area contributed by atoms with E-state index in [2.05, 4.69) is 19.9 Å². The molecule has 0 spiro atoms. The van der Waals surface area contributed by atoms with Crippen LogP contribution in [0.1, 0.15) is 22.8 Å². The fraction of sp³-hybridized carbons (Fsp3) is 0.500. The van der Waals surface area contributed by atoms with Crippen LogP contribution in [0.25, 0.3) is 0 Å². The third-order valence-electron chi connectivity index (χ3n) is 3.82. The van der Waals surface area contributed by atoms with Crippen LogP contribution < -0.4 is 0 Å². The molecule has 2 aromatic heterocycles. The molecule has 0 saturated heterocycles. The van der Waals surface area contributed by atoms with Gasteiger partial charge in [0.2, 0.25) is 0 Å². The molecular formula is C14H19N5O. The Hall–Kier alpha value is -1.79. The molecule has 1 aliphatic rings. The number of aryl methyl sites for hydroxylation is 2. The van der Waals surface area contributed by atoms with Gasteiger partial charge in [0.05, 0.1) is 30.0 Å². The maximum Gasteiger partial charge on any atom is 0.0949 e. The zero-order valence-corrected chi connectivity index (χ0v) is 11.8. The molecule has 106 valence electrons. The first-order chi connectivity index (χ1) is 9.67. The minimum atomic E-state index is 0.111. The molecule has 0 amide bonds. The lowest BCUT2D eigenvalue weighted by Crippen LogP contribution is -2.42. The molecule has 2 aromatic rings. The van der Waals surface area contributed by atoms with E-state index in [-0.39, 0.29) is 12.6 Å². The number of imidazole rings is 1. The van der Waals surface area contributed by atoms with Gasteiger partial charge in [-0.3, -0.25) is 14.9 Å². The standard InChI is InChI=1S/C14H19N5O/c1-10-4-15-5-11(17-10)6-19-7-13-14(3-12(19)8-20)18(2)9-16-13/h4-5,9,12,20H,3,6-8H2,1-2H3/t12-/m1/s1.